The van der Waals surface area contributed by atoms with Crippen LogP contribution in [0.1, 0.15) is 36.1 Å². The minimum Gasteiger partial charge on any atom is -0.320 e. The Morgan fingerprint density at radius 3 is 2.43 bits per heavy atom. The molecule has 0 radical (unpaired) electrons. The molecule has 2 aromatic carbocycles. The van der Waals surface area contributed by atoms with Gasteiger partial charge in [-0.15, -0.1) is 11.8 Å². The number of hydrogen-bond acceptors (Lipinski definition) is 2. The smallest absolute Gasteiger partial charge is 0.0356 e. The number of thioether (sulfide) groups is 1. The molecule has 2 aromatic rings. The van der Waals surface area contributed by atoms with Crippen molar-refractivity contribution in [1.82, 2.24) is 5.32 Å². The van der Waals surface area contributed by atoms with Gasteiger partial charge in [0.25, 0.3) is 0 Å². The summed E-state index contributed by atoms with van der Waals surface area (Å²) in [7, 11) is 2.03. The summed E-state index contributed by atoms with van der Waals surface area (Å²) in [5.41, 5.74) is 2.90. The quantitative estimate of drug-likeness (QED) is 0.682. The Labute approximate surface area is 133 Å². The monoisotopic (exact) mass is 299 g/mol. The largest absolute Gasteiger partial charge is 0.320 e. The highest BCUT2D eigenvalue weighted by molar-refractivity contribution is 7.99. The molecule has 0 aliphatic carbocycles. The maximum absolute atomic E-state index is 3.28. The normalized spacial score (nSPS) is 12.3. The Bertz CT molecular complexity index is 524. The molecule has 0 heterocycles. The third-order valence-corrected chi connectivity index (χ3v) is 5.03. The highest BCUT2D eigenvalue weighted by atomic mass is 32.2. The van der Waals surface area contributed by atoms with Crippen molar-refractivity contribution in [2.24, 2.45) is 0 Å². The molecule has 0 aliphatic heterocycles. The molecule has 21 heavy (non-hydrogen) atoms. The van der Waals surface area contributed by atoms with E-state index in [0.717, 1.165) is 19.4 Å². The van der Waals surface area contributed by atoms with Gasteiger partial charge in [-0.25, -0.2) is 0 Å². The molecule has 0 fully saturated rings. The summed E-state index contributed by atoms with van der Waals surface area (Å²) in [6.07, 6.45) is 3.51. The van der Waals surface area contributed by atoms with E-state index in [1.165, 1.54) is 22.4 Å². The molecule has 0 aromatic heterocycles. The second-order valence-electron chi connectivity index (χ2n) is 5.27. The Morgan fingerprint density at radius 2 is 1.71 bits per heavy atom. The summed E-state index contributed by atoms with van der Waals surface area (Å²) in [4.78, 5) is 1.43. The fraction of sp³-hybridized carbons (Fsp3) is 0.368. The van der Waals surface area contributed by atoms with Gasteiger partial charge in [-0.3, -0.25) is 0 Å². The number of benzene rings is 2. The van der Waals surface area contributed by atoms with Crippen LogP contribution in [0.3, 0.4) is 0 Å². The predicted octanol–water partition coefficient (Wildman–Crippen LogP) is 5.08. The van der Waals surface area contributed by atoms with Crippen molar-refractivity contribution in [2.75, 3.05) is 13.6 Å². The van der Waals surface area contributed by atoms with Gasteiger partial charge in [-0.1, -0.05) is 61.9 Å². The van der Waals surface area contributed by atoms with Crippen LogP contribution in [0.5, 0.6) is 0 Å². The molecule has 0 saturated carbocycles. The fourth-order valence-electron chi connectivity index (χ4n) is 2.48. The zero-order valence-corrected chi connectivity index (χ0v) is 13.8. The highest BCUT2D eigenvalue weighted by Crippen LogP contribution is 2.39. The molecule has 1 N–H and O–H groups in total. The molecule has 0 unspecified atom stereocenters. The van der Waals surface area contributed by atoms with Gasteiger partial charge in [-0.2, -0.15) is 0 Å². The summed E-state index contributed by atoms with van der Waals surface area (Å²) in [5.74, 6) is 0. The lowest BCUT2D eigenvalue weighted by Gasteiger charge is -2.19. The van der Waals surface area contributed by atoms with Crippen LogP contribution in [-0.4, -0.2) is 13.6 Å². The van der Waals surface area contributed by atoms with Crippen molar-refractivity contribution in [3.63, 3.8) is 0 Å². The maximum Gasteiger partial charge on any atom is 0.0356 e. The zero-order valence-electron chi connectivity index (χ0n) is 13.0. The van der Waals surface area contributed by atoms with Gasteiger partial charge in [0.2, 0.25) is 0 Å². The summed E-state index contributed by atoms with van der Waals surface area (Å²) in [6.45, 7) is 3.29. The molecule has 1 atom stereocenters. The topological polar surface area (TPSA) is 12.0 Å². The first-order chi connectivity index (χ1) is 10.3. The van der Waals surface area contributed by atoms with E-state index in [1.54, 1.807) is 0 Å². The molecule has 0 saturated heterocycles. The first-order valence-electron chi connectivity index (χ1n) is 7.79. The first kappa shape index (κ1) is 16.1. The van der Waals surface area contributed by atoms with Crippen LogP contribution in [0.15, 0.2) is 59.5 Å². The Balaban J connectivity index is 2.19. The van der Waals surface area contributed by atoms with E-state index in [2.05, 4.69) is 66.8 Å². The van der Waals surface area contributed by atoms with E-state index in [9.17, 15) is 0 Å². The standard InChI is InChI=1S/C19H25NS/c1-3-9-16-12-7-8-13-18(16)21-19(14-15-20-2)17-10-5-4-6-11-17/h4-8,10-13,19-20H,3,9,14-15H2,1-2H3/t19-/m1/s1. The van der Waals surface area contributed by atoms with E-state index in [4.69, 9.17) is 0 Å². The Kier molecular flexibility index (Phi) is 6.84. The third-order valence-electron chi connectivity index (χ3n) is 3.59. The number of aryl methyl sites for hydroxylation is 1. The summed E-state index contributed by atoms with van der Waals surface area (Å²) >= 11 is 2.01. The Morgan fingerprint density at radius 1 is 1.00 bits per heavy atom. The lowest BCUT2D eigenvalue weighted by Crippen LogP contribution is -2.11. The van der Waals surface area contributed by atoms with E-state index >= 15 is 0 Å². The number of rotatable bonds is 8. The lowest BCUT2D eigenvalue weighted by atomic mass is 10.1. The van der Waals surface area contributed by atoms with Gasteiger partial charge >= 0.3 is 0 Å². The minimum atomic E-state index is 0.511. The van der Waals surface area contributed by atoms with Crippen LogP contribution in [0.4, 0.5) is 0 Å². The predicted molar refractivity (Wildman–Crippen MR) is 94.0 cm³/mol. The fourth-order valence-corrected chi connectivity index (χ4v) is 3.80. The van der Waals surface area contributed by atoms with E-state index in [1.807, 2.05) is 18.8 Å². The van der Waals surface area contributed by atoms with Crippen molar-refractivity contribution >= 4 is 11.8 Å². The number of nitrogens with one attached hydrogen (secondary N) is 1. The van der Waals surface area contributed by atoms with Crippen LogP contribution in [-0.2, 0) is 6.42 Å². The zero-order chi connectivity index (χ0) is 14.9. The van der Waals surface area contributed by atoms with E-state index < -0.39 is 0 Å². The maximum atomic E-state index is 3.28. The summed E-state index contributed by atoms with van der Waals surface area (Å²) in [5, 5.41) is 3.79. The molecule has 0 amide bonds. The molecule has 1 nitrogen and oxygen atoms in total. The molecule has 0 aliphatic rings. The SMILES string of the molecule is CCCc1ccccc1S[C@H](CCNC)c1ccccc1. The van der Waals surface area contributed by atoms with E-state index in [-0.39, 0.29) is 0 Å². The van der Waals surface area contributed by atoms with Gasteiger partial charge in [-0.05, 0) is 43.6 Å². The Hall–Kier alpha value is -1.25. The molecule has 2 rings (SSSR count). The minimum absolute atomic E-state index is 0.511. The number of hydrogen-bond donors (Lipinski definition) is 1. The summed E-state index contributed by atoms with van der Waals surface area (Å²) < 4.78 is 0. The average Bonchev–Trinajstić information content (AvgIpc) is 2.54. The molecule has 0 spiro atoms. The van der Waals surface area contributed by atoms with Crippen LogP contribution >= 0.6 is 11.8 Å². The molecule has 2 heteroatoms. The van der Waals surface area contributed by atoms with Gasteiger partial charge in [0.15, 0.2) is 0 Å². The second-order valence-corrected chi connectivity index (χ2v) is 6.51. The second kappa shape index (κ2) is 8.91. The van der Waals surface area contributed by atoms with Crippen LogP contribution in [0, 0.1) is 0 Å². The highest BCUT2D eigenvalue weighted by Gasteiger charge is 2.14. The molecular weight excluding hydrogens is 274 g/mol. The van der Waals surface area contributed by atoms with Crippen molar-refractivity contribution in [1.29, 1.82) is 0 Å². The van der Waals surface area contributed by atoms with Gasteiger partial charge in [0.05, 0.1) is 0 Å². The van der Waals surface area contributed by atoms with Crippen LogP contribution in [0.25, 0.3) is 0 Å². The van der Waals surface area contributed by atoms with Gasteiger partial charge in [0.1, 0.15) is 0 Å². The first-order valence-corrected chi connectivity index (χ1v) is 8.67. The molecule has 0 bridgehead atoms. The molecule has 112 valence electrons. The van der Waals surface area contributed by atoms with Crippen molar-refractivity contribution in [3.8, 4) is 0 Å². The van der Waals surface area contributed by atoms with Gasteiger partial charge < -0.3 is 5.32 Å². The summed E-state index contributed by atoms with van der Waals surface area (Å²) in [6, 6.07) is 19.7. The third kappa shape index (κ3) is 4.90. The average molecular weight is 299 g/mol. The lowest BCUT2D eigenvalue weighted by molar-refractivity contribution is 0.714. The van der Waals surface area contributed by atoms with Crippen molar-refractivity contribution in [2.45, 2.75) is 36.3 Å². The molecular formula is C19H25NS. The van der Waals surface area contributed by atoms with Crippen molar-refractivity contribution < 1.29 is 0 Å². The van der Waals surface area contributed by atoms with Crippen LogP contribution in [0.2, 0.25) is 0 Å². The van der Waals surface area contributed by atoms with Gasteiger partial charge in [0, 0.05) is 10.1 Å². The van der Waals surface area contributed by atoms with Crippen LogP contribution < -0.4 is 5.32 Å². The van der Waals surface area contributed by atoms with Crippen molar-refractivity contribution in [3.05, 3.63) is 65.7 Å². The van der Waals surface area contributed by atoms with E-state index in [0.29, 0.717) is 5.25 Å².